The molecule has 0 saturated heterocycles. The number of esters is 1. The molecule has 2 N–H and O–H groups in total. The summed E-state index contributed by atoms with van der Waals surface area (Å²) < 4.78 is 48.2. The first kappa shape index (κ1) is 20.9. The molecule has 1 aromatic carbocycles. The Morgan fingerprint density at radius 3 is 2.73 bits per heavy atom. The number of nitriles is 1. The van der Waals surface area contributed by atoms with Gasteiger partial charge in [-0.3, -0.25) is 0 Å². The summed E-state index contributed by atoms with van der Waals surface area (Å²) in [5.74, 6) is -2.74. The fourth-order valence-electron chi connectivity index (χ4n) is 3.01. The van der Waals surface area contributed by atoms with Crippen molar-refractivity contribution in [2.45, 2.75) is 26.4 Å². The lowest BCUT2D eigenvalue weighted by Gasteiger charge is -2.25. The Balaban J connectivity index is 1.89. The number of ether oxygens (including phenoxy) is 3. The molecule has 0 bridgehead atoms. The molecule has 2 aromatic rings. The Morgan fingerprint density at radius 1 is 1.30 bits per heavy atom. The van der Waals surface area contributed by atoms with E-state index in [0.29, 0.717) is 6.07 Å². The SMILES string of the molecule is CCOC(=O)C1=C(C)OC(N)=C(C#N)[C@H]1c1ccc(COc2ccc(F)cc2F)o1. The zero-order valence-corrected chi connectivity index (χ0v) is 16.2. The molecule has 1 aromatic heterocycles. The minimum atomic E-state index is -0.931. The smallest absolute Gasteiger partial charge is 0.338 e. The van der Waals surface area contributed by atoms with E-state index in [1.54, 1.807) is 19.1 Å². The lowest BCUT2D eigenvalue weighted by molar-refractivity contribution is -0.139. The molecule has 1 aliphatic heterocycles. The summed E-state index contributed by atoms with van der Waals surface area (Å²) in [5.41, 5.74) is 5.91. The van der Waals surface area contributed by atoms with Crippen LogP contribution in [0.1, 0.15) is 31.3 Å². The molecular weight excluding hydrogens is 398 g/mol. The Morgan fingerprint density at radius 2 is 2.07 bits per heavy atom. The highest BCUT2D eigenvalue weighted by Gasteiger charge is 2.38. The fourth-order valence-corrected chi connectivity index (χ4v) is 3.01. The summed E-state index contributed by atoms with van der Waals surface area (Å²) in [6, 6.07) is 7.98. The molecule has 9 heteroatoms. The Labute approximate surface area is 170 Å². The molecule has 0 spiro atoms. The van der Waals surface area contributed by atoms with Gasteiger partial charge in [0.05, 0.1) is 18.1 Å². The van der Waals surface area contributed by atoms with Crippen molar-refractivity contribution in [3.63, 3.8) is 0 Å². The molecule has 0 fully saturated rings. The van der Waals surface area contributed by atoms with Gasteiger partial charge in [0.1, 0.15) is 41.3 Å². The van der Waals surface area contributed by atoms with Crippen LogP contribution in [0.4, 0.5) is 8.78 Å². The standard InChI is InChI=1S/C21H18F2N2O5/c1-3-27-21(26)18-11(2)29-20(25)14(9-24)19(18)17-7-5-13(30-17)10-28-16-6-4-12(22)8-15(16)23/h4-8,19H,3,10,25H2,1-2H3/t19-/m0/s1. The fraction of sp³-hybridized carbons (Fsp3) is 0.238. The lowest BCUT2D eigenvalue weighted by Crippen LogP contribution is -2.25. The van der Waals surface area contributed by atoms with Crippen molar-refractivity contribution in [2.75, 3.05) is 6.61 Å². The zero-order valence-electron chi connectivity index (χ0n) is 16.2. The summed E-state index contributed by atoms with van der Waals surface area (Å²) in [6.07, 6.45) is 0. The number of allylic oxidation sites excluding steroid dienone is 2. The first-order valence-electron chi connectivity index (χ1n) is 8.97. The van der Waals surface area contributed by atoms with Crippen molar-refractivity contribution < 1.29 is 32.2 Å². The first-order valence-corrected chi connectivity index (χ1v) is 8.97. The van der Waals surface area contributed by atoms with Crippen molar-refractivity contribution in [3.05, 3.63) is 76.3 Å². The van der Waals surface area contributed by atoms with Gasteiger partial charge in [0.2, 0.25) is 5.88 Å². The predicted molar refractivity (Wildman–Crippen MR) is 99.4 cm³/mol. The molecule has 156 valence electrons. The van der Waals surface area contributed by atoms with E-state index in [0.717, 1.165) is 12.1 Å². The van der Waals surface area contributed by atoms with Crippen LogP contribution < -0.4 is 10.5 Å². The third kappa shape index (κ3) is 4.12. The zero-order chi connectivity index (χ0) is 21.8. The molecule has 0 radical (unpaired) electrons. The van der Waals surface area contributed by atoms with E-state index >= 15 is 0 Å². The quantitative estimate of drug-likeness (QED) is 0.714. The van der Waals surface area contributed by atoms with Gasteiger partial charge in [-0.15, -0.1) is 0 Å². The predicted octanol–water partition coefficient (Wildman–Crippen LogP) is 3.78. The van der Waals surface area contributed by atoms with E-state index < -0.39 is 23.5 Å². The molecule has 3 rings (SSSR count). The lowest BCUT2D eigenvalue weighted by atomic mass is 9.87. The number of carbonyl (C=O) groups is 1. The topological polar surface area (TPSA) is 108 Å². The van der Waals surface area contributed by atoms with Gasteiger partial charge in [-0.2, -0.15) is 5.26 Å². The number of halogens is 2. The number of carbonyl (C=O) groups excluding carboxylic acids is 1. The number of hydrogen-bond donors (Lipinski definition) is 1. The van der Waals surface area contributed by atoms with Gasteiger partial charge < -0.3 is 24.4 Å². The Bertz CT molecular complexity index is 1080. The molecule has 7 nitrogen and oxygen atoms in total. The monoisotopic (exact) mass is 416 g/mol. The van der Waals surface area contributed by atoms with Crippen molar-refractivity contribution in [2.24, 2.45) is 5.73 Å². The summed E-state index contributed by atoms with van der Waals surface area (Å²) in [5, 5.41) is 9.54. The van der Waals surface area contributed by atoms with Crippen LogP contribution in [0.25, 0.3) is 0 Å². The van der Waals surface area contributed by atoms with Gasteiger partial charge in [0.25, 0.3) is 0 Å². The minimum absolute atomic E-state index is 0.00458. The van der Waals surface area contributed by atoms with E-state index in [1.807, 2.05) is 6.07 Å². The van der Waals surface area contributed by atoms with Gasteiger partial charge in [0, 0.05) is 6.07 Å². The second-order valence-corrected chi connectivity index (χ2v) is 6.28. The maximum atomic E-state index is 13.7. The van der Waals surface area contributed by atoms with Crippen molar-refractivity contribution in [1.29, 1.82) is 5.26 Å². The third-order valence-corrected chi connectivity index (χ3v) is 4.33. The average molecular weight is 416 g/mol. The van der Waals surface area contributed by atoms with Gasteiger partial charge in [-0.05, 0) is 38.1 Å². The second kappa shape index (κ2) is 8.69. The third-order valence-electron chi connectivity index (χ3n) is 4.33. The van der Waals surface area contributed by atoms with Gasteiger partial charge in [-0.25, -0.2) is 13.6 Å². The van der Waals surface area contributed by atoms with E-state index in [1.165, 1.54) is 6.92 Å². The maximum absolute atomic E-state index is 13.7. The van der Waals surface area contributed by atoms with Crippen LogP contribution in [0.2, 0.25) is 0 Å². The molecule has 1 atom stereocenters. The normalized spacial score (nSPS) is 16.2. The molecule has 30 heavy (non-hydrogen) atoms. The van der Waals surface area contributed by atoms with Crippen LogP contribution >= 0.6 is 0 Å². The van der Waals surface area contributed by atoms with Crippen molar-refractivity contribution in [3.8, 4) is 11.8 Å². The van der Waals surface area contributed by atoms with Crippen LogP contribution in [0.3, 0.4) is 0 Å². The van der Waals surface area contributed by atoms with Crippen molar-refractivity contribution >= 4 is 5.97 Å². The Kier molecular flexibility index (Phi) is 6.06. The largest absolute Gasteiger partial charge is 0.483 e. The van der Waals surface area contributed by atoms with Crippen LogP contribution in [-0.2, 0) is 20.9 Å². The summed E-state index contributed by atoms with van der Waals surface area (Å²) >= 11 is 0. The first-order chi connectivity index (χ1) is 14.3. The van der Waals surface area contributed by atoms with Crippen LogP contribution in [-0.4, -0.2) is 12.6 Å². The van der Waals surface area contributed by atoms with Gasteiger partial charge >= 0.3 is 5.97 Å². The molecular formula is C21H18F2N2O5. The van der Waals surface area contributed by atoms with Crippen LogP contribution in [0.5, 0.6) is 5.75 Å². The second-order valence-electron chi connectivity index (χ2n) is 6.28. The average Bonchev–Trinajstić information content (AvgIpc) is 3.15. The number of nitrogens with zero attached hydrogens (tertiary/aromatic N) is 1. The molecule has 1 aliphatic rings. The highest BCUT2D eigenvalue weighted by molar-refractivity contribution is 5.92. The number of nitrogens with two attached hydrogens (primary N) is 1. The van der Waals surface area contributed by atoms with Gasteiger partial charge in [-0.1, -0.05) is 0 Å². The molecule has 0 unspecified atom stereocenters. The van der Waals surface area contributed by atoms with Gasteiger partial charge in [0.15, 0.2) is 11.6 Å². The molecule has 0 amide bonds. The maximum Gasteiger partial charge on any atom is 0.338 e. The van der Waals surface area contributed by atoms with Crippen LogP contribution in [0, 0.1) is 23.0 Å². The summed E-state index contributed by atoms with van der Waals surface area (Å²) in [6.45, 7) is 3.15. The molecule has 0 saturated carbocycles. The number of benzene rings is 1. The molecule has 2 heterocycles. The number of hydrogen-bond acceptors (Lipinski definition) is 7. The summed E-state index contributed by atoms with van der Waals surface area (Å²) in [4.78, 5) is 12.5. The molecule has 0 aliphatic carbocycles. The number of rotatable bonds is 6. The highest BCUT2D eigenvalue weighted by Crippen LogP contribution is 2.40. The minimum Gasteiger partial charge on any atom is -0.483 e. The van der Waals surface area contributed by atoms with Crippen molar-refractivity contribution in [1.82, 2.24) is 0 Å². The van der Waals surface area contributed by atoms with E-state index in [-0.39, 0.29) is 53.3 Å². The number of furan rings is 1. The van der Waals surface area contributed by atoms with Crippen LogP contribution in [0.15, 0.2) is 57.5 Å². The Hall–Kier alpha value is -3.80. The highest BCUT2D eigenvalue weighted by atomic mass is 19.1. The van der Waals surface area contributed by atoms with E-state index in [4.69, 9.17) is 24.4 Å². The summed E-state index contributed by atoms with van der Waals surface area (Å²) in [7, 11) is 0. The van der Waals surface area contributed by atoms with E-state index in [9.17, 15) is 18.8 Å². The van der Waals surface area contributed by atoms with E-state index in [2.05, 4.69) is 0 Å².